The SMILES string of the molecule is COc1ccc([C@H]2C[C@@H](C(F)(F)F)n3nc(-c4cnn(C5CCNCC5)c4)cc3N2)cc1OC. The number of aromatic nitrogens is 4. The molecule has 8 nitrogen and oxygen atoms in total. The van der Waals surface area contributed by atoms with Crippen molar-refractivity contribution in [3.05, 3.63) is 42.2 Å². The van der Waals surface area contributed by atoms with Gasteiger partial charge in [-0.05, 0) is 43.6 Å². The average molecular weight is 477 g/mol. The van der Waals surface area contributed by atoms with Gasteiger partial charge in [-0.1, -0.05) is 6.07 Å². The number of rotatable bonds is 5. The van der Waals surface area contributed by atoms with Crippen LogP contribution in [-0.4, -0.2) is 53.0 Å². The lowest BCUT2D eigenvalue weighted by Crippen LogP contribution is -2.35. The summed E-state index contributed by atoms with van der Waals surface area (Å²) in [6.45, 7) is 1.85. The maximum atomic E-state index is 14.1. The molecule has 5 rings (SSSR count). The third-order valence-electron chi connectivity index (χ3n) is 6.58. The summed E-state index contributed by atoms with van der Waals surface area (Å²) >= 11 is 0. The highest BCUT2D eigenvalue weighted by Crippen LogP contribution is 2.45. The molecular weight excluding hydrogens is 449 g/mol. The molecule has 2 N–H and O–H groups in total. The second kappa shape index (κ2) is 8.86. The third-order valence-corrected chi connectivity index (χ3v) is 6.58. The van der Waals surface area contributed by atoms with Crippen molar-refractivity contribution in [1.29, 1.82) is 0 Å². The summed E-state index contributed by atoms with van der Waals surface area (Å²) in [5.74, 6) is 1.31. The average Bonchev–Trinajstić information content (AvgIpc) is 3.50. The minimum Gasteiger partial charge on any atom is -0.493 e. The largest absolute Gasteiger partial charge is 0.493 e. The van der Waals surface area contributed by atoms with Crippen molar-refractivity contribution in [2.75, 3.05) is 32.6 Å². The van der Waals surface area contributed by atoms with E-state index in [2.05, 4.69) is 20.8 Å². The highest BCUT2D eigenvalue weighted by Gasteiger charge is 2.46. The Morgan fingerprint density at radius 1 is 1.06 bits per heavy atom. The number of methoxy groups -OCH3 is 2. The van der Waals surface area contributed by atoms with Gasteiger partial charge in [-0.15, -0.1) is 0 Å². The van der Waals surface area contributed by atoms with Crippen molar-refractivity contribution in [2.45, 2.75) is 43.6 Å². The standard InChI is InChI=1S/C23H27F3N6O2/c1-33-19-4-3-14(9-20(19)34-2)17-10-21(23(24,25)26)32-22(29-17)11-18(30-32)15-12-28-31(13-15)16-5-7-27-8-6-16/h3-4,9,11-13,16-17,21,27,29H,5-8,10H2,1-2H3/t17-,21+/m1/s1. The van der Waals surface area contributed by atoms with Crippen LogP contribution < -0.4 is 20.1 Å². The van der Waals surface area contributed by atoms with Gasteiger partial charge < -0.3 is 20.1 Å². The van der Waals surface area contributed by atoms with Gasteiger partial charge >= 0.3 is 6.18 Å². The van der Waals surface area contributed by atoms with Crippen LogP contribution >= 0.6 is 0 Å². The molecule has 0 radical (unpaired) electrons. The first-order valence-corrected chi connectivity index (χ1v) is 11.3. The van der Waals surface area contributed by atoms with E-state index in [0.717, 1.165) is 30.6 Å². The van der Waals surface area contributed by atoms with Crippen LogP contribution in [-0.2, 0) is 0 Å². The summed E-state index contributed by atoms with van der Waals surface area (Å²) in [5, 5.41) is 15.4. The predicted octanol–water partition coefficient (Wildman–Crippen LogP) is 4.35. The Morgan fingerprint density at radius 3 is 2.53 bits per heavy atom. The van der Waals surface area contributed by atoms with Gasteiger partial charge in [0.05, 0.1) is 38.2 Å². The smallest absolute Gasteiger partial charge is 0.410 e. The first-order chi connectivity index (χ1) is 16.4. The molecule has 1 aromatic carbocycles. The number of hydrogen-bond donors (Lipinski definition) is 2. The molecule has 0 aliphatic carbocycles. The zero-order valence-electron chi connectivity index (χ0n) is 19.0. The Morgan fingerprint density at radius 2 is 1.82 bits per heavy atom. The second-order valence-electron chi connectivity index (χ2n) is 8.65. The molecule has 1 saturated heterocycles. The van der Waals surface area contributed by atoms with Gasteiger partial charge in [0.2, 0.25) is 0 Å². The molecule has 1 fully saturated rings. The van der Waals surface area contributed by atoms with Crippen molar-refractivity contribution >= 4 is 5.82 Å². The van der Waals surface area contributed by atoms with Crippen LogP contribution in [0.15, 0.2) is 36.7 Å². The van der Waals surface area contributed by atoms with Crippen LogP contribution in [0.25, 0.3) is 11.3 Å². The summed E-state index contributed by atoms with van der Waals surface area (Å²) in [6.07, 6.45) is 0.830. The molecule has 4 heterocycles. The van der Waals surface area contributed by atoms with E-state index >= 15 is 0 Å². The third kappa shape index (κ3) is 4.20. The van der Waals surface area contributed by atoms with Gasteiger partial charge in [0, 0.05) is 24.2 Å². The van der Waals surface area contributed by atoms with E-state index in [1.54, 1.807) is 30.5 Å². The highest BCUT2D eigenvalue weighted by molar-refractivity contribution is 5.63. The van der Waals surface area contributed by atoms with Gasteiger partial charge in [0.1, 0.15) is 5.82 Å². The lowest BCUT2D eigenvalue weighted by Gasteiger charge is -2.33. The molecule has 0 amide bonds. The molecule has 2 aliphatic heterocycles. The van der Waals surface area contributed by atoms with Gasteiger partial charge in [-0.25, -0.2) is 4.68 Å². The molecule has 2 aromatic heterocycles. The normalized spacial score (nSPS) is 21.1. The number of piperidine rings is 1. The minimum atomic E-state index is -4.45. The van der Waals surface area contributed by atoms with E-state index < -0.39 is 18.3 Å². The van der Waals surface area contributed by atoms with Crippen molar-refractivity contribution in [2.24, 2.45) is 0 Å². The van der Waals surface area contributed by atoms with Crippen molar-refractivity contribution in [3.8, 4) is 22.8 Å². The van der Waals surface area contributed by atoms with E-state index in [1.807, 2.05) is 10.9 Å². The Balaban J connectivity index is 1.46. The molecule has 0 spiro atoms. The summed E-state index contributed by atoms with van der Waals surface area (Å²) in [7, 11) is 3.02. The van der Waals surface area contributed by atoms with E-state index in [0.29, 0.717) is 34.1 Å². The number of halogens is 3. The van der Waals surface area contributed by atoms with Crippen molar-refractivity contribution in [1.82, 2.24) is 24.9 Å². The number of ether oxygens (including phenoxy) is 2. The van der Waals surface area contributed by atoms with Crippen LogP contribution in [0.2, 0.25) is 0 Å². The van der Waals surface area contributed by atoms with Gasteiger partial charge in [0.25, 0.3) is 0 Å². The fourth-order valence-corrected chi connectivity index (χ4v) is 4.74. The summed E-state index contributed by atoms with van der Waals surface area (Å²) in [6, 6.07) is 4.78. The summed E-state index contributed by atoms with van der Waals surface area (Å²) < 4.78 is 55.8. The fraction of sp³-hybridized carbons (Fsp3) is 0.478. The zero-order valence-corrected chi connectivity index (χ0v) is 19.0. The Kier molecular flexibility index (Phi) is 5.88. The lowest BCUT2D eigenvalue weighted by molar-refractivity contribution is -0.173. The van der Waals surface area contributed by atoms with E-state index in [4.69, 9.17) is 9.47 Å². The van der Waals surface area contributed by atoms with Crippen LogP contribution in [0, 0.1) is 0 Å². The lowest BCUT2D eigenvalue weighted by atomic mass is 9.96. The van der Waals surface area contributed by atoms with Gasteiger partial charge in [-0.3, -0.25) is 4.68 Å². The molecule has 0 bridgehead atoms. The molecule has 2 atom stereocenters. The Labute approximate surface area is 195 Å². The molecular formula is C23H27F3N6O2. The van der Waals surface area contributed by atoms with E-state index in [1.165, 1.54) is 14.2 Å². The maximum absolute atomic E-state index is 14.1. The molecule has 3 aromatic rings. The highest BCUT2D eigenvalue weighted by atomic mass is 19.4. The predicted molar refractivity (Wildman–Crippen MR) is 120 cm³/mol. The Bertz CT molecular complexity index is 1150. The number of nitrogens with one attached hydrogen (secondary N) is 2. The van der Waals surface area contributed by atoms with Gasteiger partial charge in [-0.2, -0.15) is 23.4 Å². The summed E-state index contributed by atoms with van der Waals surface area (Å²) in [5.41, 5.74) is 1.84. The first-order valence-electron chi connectivity index (χ1n) is 11.3. The van der Waals surface area contributed by atoms with Crippen LogP contribution in [0.3, 0.4) is 0 Å². The molecule has 0 unspecified atom stereocenters. The quantitative estimate of drug-likeness (QED) is 0.570. The topological polar surface area (TPSA) is 78.2 Å². The van der Waals surface area contributed by atoms with Crippen LogP contribution in [0.5, 0.6) is 11.5 Å². The molecule has 182 valence electrons. The van der Waals surface area contributed by atoms with E-state index in [-0.39, 0.29) is 12.5 Å². The Hall–Kier alpha value is -3.21. The second-order valence-corrected chi connectivity index (χ2v) is 8.65. The number of benzene rings is 1. The first kappa shape index (κ1) is 22.6. The van der Waals surface area contributed by atoms with Crippen LogP contribution in [0.4, 0.5) is 19.0 Å². The zero-order chi connectivity index (χ0) is 23.9. The van der Waals surface area contributed by atoms with Crippen LogP contribution in [0.1, 0.15) is 43.0 Å². The molecule has 11 heteroatoms. The van der Waals surface area contributed by atoms with Crippen molar-refractivity contribution in [3.63, 3.8) is 0 Å². The number of fused-ring (bicyclic) bond motifs is 1. The van der Waals surface area contributed by atoms with E-state index in [9.17, 15) is 13.2 Å². The monoisotopic (exact) mass is 476 g/mol. The molecule has 34 heavy (non-hydrogen) atoms. The number of alkyl halides is 3. The number of nitrogens with zero attached hydrogens (tertiary/aromatic N) is 4. The summed E-state index contributed by atoms with van der Waals surface area (Å²) in [4.78, 5) is 0. The fourth-order valence-electron chi connectivity index (χ4n) is 4.74. The number of anilines is 1. The minimum absolute atomic E-state index is 0.193. The molecule has 0 saturated carbocycles. The van der Waals surface area contributed by atoms with Crippen molar-refractivity contribution < 1.29 is 22.6 Å². The number of hydrogen-bond acceptors (Lipinski definition) is 6. The van der Waals surface area contributed by atoms with Gasteiger partial charge in [0.15, 0.2) is 17.5 Å². The molecule has 2 aliphatic rings. The maximum Gasteiger partial charge on any atom is 0.410 e.